The Kier molecular flexibility index (Phi) is 8.90. The van der Waals surface area contributed by atoms with Gasteiger partial charge in [0.15, 0.2) is 0 Å². The molecule has 0 aromatic carbocycles. The summed E-state index contributed by atoms with van der Waals surface area (Å²) in [6.45, 7) is 6.92. The predicted octanol–water partition coefficient (Wildman–Crippen LogP) is 2.26. The van der Waals surface area contributed by atoms with Crippen LogP contribution in [0, 0.1) is 11.8 Å². The Morgan fingerprint density at radius 2 is 2.03 bits per heavy atom. The molecule has 0 saturated heterocycles. The Morgan fingerprint density at radius 1 is 1.29 bits per heavy atom. The third-order valence-corrected chi connectivity index (χ3v) is 6.20. The van der Waals surface area contributed by atoms with Gasteiger partial charge in [0.2, 0.25) is 0 Å². The number of fused-ring (bicyclic) bond motifs is 1. The predicted molar refractivity (Wildman–Crippen MR) is 116 cm³/mol. The summed E-state index contributed by atoms with van der Waals surface area (Å²) >= 11 is 0. The van der Waals surface area contributed by atoms with E-state index in [4.69, 9.17) is 14.6 Å². The topological polar surface area (TPSA) is 103 Å². The minimum absolute atomic E-state index is 0.0731. The molecule has 8 heteroatoms. The highest BCUT2D eigenvalue weighted by Crippen LogP contribution is 2.26. The van der Waals surface area contributed by atoms with E-state index in [9.17, 15) is 14.7 Å². The maximum atomic E-state index is 12.8. The molecule has 0 radical (unpaired) electrons. The van der Waals surface area contributed by atoms with Crippen molar-refractivity contribution in [2.75, 3.05) is 26.4 Å². The summed E-state index contributed by atoms with van der Waals surface area (Å²) in [5.74, 6) is -0.236. The van der Waals surface area contributed by atoms with Crippen LogP contribution in [-0.2, 0) is 33.7 Å². The van der Waals surface area contributed by atoms with Gasteiger partial charge in [0.25, 0.3) is 5.91 Å². The number of hydrogen-bond donors (Lipinski definition) is 2. The highest BCUT2D eigenvalue weighted by Gasteiger charge is 2.28. The van der Waals surface area contributed by atoms with E-state index in [1.165, 1.54) is 0 Å². The van der Waals surface area contributed by atoms with Gasteiger partial charge in [0.1, 0.15) is 5.69 Å². The number of aliphatic hydroxyl groups is 1. The lowest BCUT2D eigenvalue weighted by Crippen LogP contribution is -2.28. The smallest absolute Gasteiger partial charge is 0.308 e. The minimum atomic E-state index is -0.281. The number of esters is 1. The van der Waals surface area contributed by atoms with Crippen molar-refractivity contribution in [3.8, 4) is 0 Å². The summed E-state index contributed by atoms with van der Waals surface area (Å²) < 4.78 is 13.0. The average molecular weight is 436 g/mol. The molecule has 1 fully saturated rings. The second-order valence-electron chi connectivity index (χ2n) is 8.86. The zero-order valence-corrected chi connectivity index (χ0v) is 18.9. The van der Waals surface area contributed by atoms with E-state index in [1.807, 2.05) is 13.8 Å². The number of nitrogens with zero attached hydrogens (tertiary/aromatic N) is 2. The largest absolute Gasteiger partial charge is 0.465 e. The SMILES string of the molecule is CCn1nc(C[C@@H](C)COC(=O)C2CCC(O)CC2)c2c1C(=O)NCCCOCCC2. The Hall–Kier alpha value is -1.93. The molecule has 2 N–H and O–H groups in total. The molecule has 1 aliphatic carbocycles. The molecule has 31 heavy (non-hydrogen) atoms. The molecule has 0 bridgehead atoms. The molecule has 2 heterocycles. The number of aryl methyl sites for hydroxylation is 1. The van der Waals surface area contributed by atoms with Gasteiger partial charge in [-0.05, 0) is 64.2 Å². The first-order valence-electron chi connectivity index (χ1n) is 11.8. The Labute approximate surface area is 184 Å². The summed E-state index contributed by atoms with van der Waals surface area (Å²) in [6.07, 6.45) is 5.49. The van der Waals surface area contributed by atoms with Crippen molar-refractivity contribution < 1.29 is 24.2 Å². The summed E-state index contributed by atoms with van der Waals surface area (Å²) in [7, 11) is 0. The quantitative estimate of drug-likeness (QED) is 0.665. The first-order valence-corrected chi connectivity index (χ1v) is 11.8. The second kappa shape index (κ2) is 11.6. The molecule has 2 aliphatic rings. The zero-order chi connectivity index (χ0) is 22.2. The molecule has 1 aromatic rings. The van der Waals surface area contributed by atoms with Crippen molar-refractivity contribution in [1.82, 2.24) is 15.1 Å². The molecule has 1 saturated carbocycles. The number of carbonyl (C=O) groups is 2. The van der Waals surface area contributed by atoms with Gasteiger partial charge in [0.05, 0.1) is 24.3 Å². The van der Waals surface area contributed by atoms with Crippen LogP contribution in [0.15, 0.2) is 0 Å². The number of carbonyl (C=O) groups excluding carboxylic acids is 2. The Morgan fingerprint density at radius 3 is 2.77 bits per heavy atom. The minimum Gasteiger partial charge on any atom is -0.465 e. The normalized spacial score (nSPS) is 23.9. The lowest BCUT2D eigenvalue weighted by atomic mass is 9.87. The van der Waals surface area contributed by atoms with Crippen LogP contribution in [0.1, 0.15) is 74.1 Å². The van der Waals surface area contributed by atoms with Gasteiger partial charge in [-0.2, -0.15) is 5.10 Å². The molecular weight excluding hydrogens is 398 g/mol. The Balaban J connectivity index is 1.64. The number of rotatable bonds is 6. The van der Waals surface area contributed by atoms with Crippen molar-refractivity contribution in [1.29, 1.82) is 0 Å². The van der Waals surface area contributed by atoms with Crippen LogP contribution in [0.4, 0.5) is 0 Å². The fourth-order valence-corrected chi connectivity index (χ4v) is 4.41. The monoisotopic (exact) mass is 435 g/mol. The van der Waals surface area contributed by atoms with E-state index in [0.29, 0.717) is 70.7 Å². The number of aliphatic hydroxyl groups excluding tert-OH is 1. The number of amides is 1. The molecule has 1 amide bonds. The van der Waals surface area contributed by atoms with Crippen LogP contribution in [-0.4, -0.2) is 59.2 Å². The van der Waals surface area contributed by atoms with Crippen LogP contribution in [0.5, 0.6) is 0 Å². The average Bonchev–Trinajstić information content (AvgIpc) is 3.09. The van der Waals surface area contributed by atoms with Gasteiger partial charge in [-0.3, -0.25) is 14.3 Å². The van der Waals surface area contributed by atoms with E-state index >= 15 is 0 Å². The maximum Gasteiger partial charge on any atom is 0.308 e. The molecule has 174 valence electrons. The number of nitrogens with one attached hydrogen (secondary N) is 1. The van der Waals surface area contributed by atoms with Crippen LogP contribution in [0.2, 0.25) is 0 Å². The van der Waals surface area contributed by atoms with E-state index in [2.05, 4.69) is 5.32 Å². The molecule has 8 nitrogen and oxygen atoms in total. The lowest BCUT2D eigenvalue weighted by Gasteiger charge is -2.24. The van der Waals surface area contributed by atoms with Gasteiger partial charge in [-0.25, -0.2) is 0 Å². The number of ether oxygens (including phenoxy) is 2. The fraction of sp³-hybridized carbons (Fsp3) is 0.783. The van der Waals surface area contributed by atoms with E-state index in [0.717, 1.165) is 30.5 Å². The maximum absolute atomic E-state index is 12.8. The van der Waals surface area contributed by atoms with Gasteiger partial charge in [-0.15, -0.1) is 0 Å². The summed E-state index contributed by atoms with van der Waals surface area (Å²) in [4.78, 5) is 25.2. The Bertz CT molecular complexity index is 740. The van der Waals surface area contributed by atoms with Crippen molar-refractivity contribution in [3.05, 3.63) is 17.0 Å². The molecule has 0 spiro atoms. The van der Waals surface area contributed by atoms with E-state index in [1.54, 1.807) is 4.68 Å². The highest BCUT2D eigenvalue weighted by molar-refractivity contribution is 5.94. The molecular formula is C23H37N3O5. The third-order valence-electron chi connectivity index (χ3n) is 6.20. The first kappa shape index (κ1) is 23.7. The van der Waals surface area contributed by atoms with E-state index < -0.39 is 0 Å². The highest BCUT2D eigenvalue weighted by atomic mass is 16.5. The van der Waals surface area contributed by atoms with Gasteiger partial charge in [-0.1, -0.05) is 6.92 Å². The van der Waals surface area contributed by atoms with Crippen LogP contribution in [0.25, 0.3) is 0 Å². The lowest BCUT2D eigenvalue weighted by molar-refractivity contribution is -0.151. The third kappa shape index (κ3) is 6.53. The summed E-state index contributed by atoms with van der Waals surface area (Å²) in [5.41, 5.74) is 2.56. The van der Waals surface area contributed by atoms with Crippen LogP contribution >= 0.6 is 0 Å². The van der Waals surface area contributed by atoms with Crippen LogP contribution < -0.4 is 5.32 Å². The summed E-state index contributed by atoms with van der Waals surface area (Å²) in [6, 6.07) is 0. The van der Waals surface area contributed by atoms with Crippen molar-refractivity contribution >= 4 is 11.9 Å². The molecule has 0 unspecified atom stereocenters. The fourth-order valence-electron chi connectivity index (χ4n) is 4.41. The van der Waals surface area contributed by atoms with E-state index in [-0.39, 0.29) is 29.8 Å². The summed E-state index contributed by atoms with van der Waals surface area (Å²) in [5, 5.41) is 17.3. The first-order chi connectivity index (χ1) is 15.0. The van der Waals surface area contributed by atoms with Gasteiger partial charge < -0.3 is 19.9 Å². The van der Waals surface area contributed by atoms with Crippen molar-refractivity contribution in [2.24, 2.45) is 11.8 Å². The number of aromatic nitrogens is 2. The molecule has 1 atom stereocenters. The second-order valence-corrected chi connectivity index (χ2v) is 8.86. The van der Waals surface area contributed by atoms with Gasteiger partial charge >= 0.3 is 5.97 Å². The zero-order valence-electron chi connectivity index (χ0n) is 18.9. The van der Waals surface area contributed by atoms with Crippen LogP contribution in [0.3, 0.4) is 0 Å². The standard InChI is InChI=1S/C23H37N3O5/c1-3-26-21-19(6-4-12-30-13-5-11-24-22(21)28)20(25-26)14-16(2)15-31-23(29)17-7-9-18(27)10-8-17/h16-18,27H,3-15H2,1-2H3,(H,24,28)/t16-,17?,18?/m1/s1. The number of hydrogen-bond acceptors (Lipinski definition) is 6. The molecule has 3 rings (SSSR count). The molecule has 1 aliphatic heterocycles. The van der Waals surface area contributed by atoms with Crippen molar-refractivity contribution in [2.45, 2.75) is 77.9 Å². The van der Waals surface area contributed by atoms with Gasteiger partial charge in [0, 0.05) is 31.9 Å². The van der Waals surface area contributed by atoms with Crippen molar-refractivity contribution in [3.63, 3.8) is 0 Å². The molecule has 1 aromatic heterocycles.